The van der Waals surface area contributed by atoms with Gasteiger partial charge in [-0.2, -0.15) is 0 Å². The van der Waals surface area contributed by atoms with Gasteiger partial charge in [-0.1, -0.05) is 18.2 Å². The first kappa shape index (κ1) is 15.5. The average molecular weight is 290 g/mol. The minimum Gasteiger partial charge on any atom is -0.396 e. The van der Waals surface area contributed by atoms with Crippen molar-refractivity contribution < 1.29 is 14.7 Å². The van der Waals surface area contributed by atoms with Gasteiger partial charge in [-0.15, -0.1) is 0 Å². The van der Waals surface area contributed by atoms with E-state index in [9.17, 15) is 14.7 Å². The van der Waals surface area contributed by atoms with Crippen LogP contribution in [0.4, 0.5) is 0 Å². The number of nitrogens with one attached hydrogen (secondary N) is 1. The molecule has 1 aromatic carbocycles. The minimum atomic E-state index is -0.225. The number of aryl methyl sites for hydroxylation is 1. The smallest absolute Gasteiger partial charge is 0.251 e. The number of hydrogen-bond donors (Lipinski definition) is 2. The van der Waals surface area contributed by atoms with Gasteiger partial charge >= 0.3 is 0 Å². The Balaban J connectivity index is 1.86. The van der Waals surface area contributed by atoms with Crippen LogP contribution in [0.5, 0.6) is 0 Å². The number of amides is 2. The molecule has 2 rings (SSSR count). The molecule has 0 saturated carbocycles. The van der Waals surface area contributed by atoms with Crippen LogP contribution in [-0.4, -0.2) is 48.1 Å². The standard InChI is InChI=1S/C16H22N2O3/c1-12-5-2-3-7-14(12)16(21)17-9-15(20)18-8-4-6-13(10-18)11-19/h2-3,5,7,13,19H,4,6,8-11H2,1H3,(H,17,21). The summed E-state index contributed by atoms with van der Waals surface area (Å²) in [4.78, 5) is 25.9. The molecule has 1 aliphatic rings. The number of hydrogen-bond acceptors (Lipinski definition) is 3. The molecule has 2 N–H and O–H groups in total. The second kappa shape index (κ2) is 7.22. The normalized spacial score (nSPS) is 18.4. The third kappa shape index (κ3) is 4.04. The van der Waals surface area contributed by atoms with Crippen LogP contribution in [0.25, 0.3) is 0 Å². The van der Waals surface area contributed by atoms with E-state index < -0.39 is 0 Å². The third-order valence-corrected chi connectivity index (χ3v) is 3.92. The lowest BCUT2D eigenvalue weighted by Crippen LogP contribution is -2.45. The van der Waals surface area contributed by atoms with Gasteiger partial charge in [0.05, 0.1) is 6.54 Å². The lowest BCUT2D eigenvalue weighted by atomic mass is 9.99. The molecule has 5 nitrogen and oxygen atoms in total. The van der Waals surface area contributed by atoms with E-state index in [1.54, 1.807) is 17.0 Å². The highest BCUT2D eigenvalue weighted by Crippen LogP contribution is 2.15. The molecule has 1 heterocycles. The Morgan fingerprint density at radius 1 is 1.38 bits per heavy atom. The summed E-state index contributed by atoms with van der Waals surface area (Å²) < 4.78 is 0. The Hall–Kier alpha value is -1.88. The fraction of sp³-hybridized carbons (Fsp3) is 0.500. The minimum absolute atomic E-state index is 0.00527. The molecule has 2 amide bonds. The summed E-state index contributed by atoms with van der Waals surface area (Å²) in [5.41, 5.74) is 1.48. The highest BCUT2D eigenvalue weighted by molar-refractivity contribution is 5.97. The molecule has 1 unspecified atom stereocenters. The number of piperidine rings is 1. The van der Waals surface area contributed by atoms with E-state index in [4.69, 9.17) is 0 Å². The van der Waals surface area contributed by atoms with Crippen molar-refractivity contribution in [3.8, 4) is 0 Å². The van der Waals surface area contributed by atoms with Crippen molar-refractivity contribution in [2.45, 2.75) is 19.8 Å². The highest BCUT2D eigenvalue weighted by atomic mass is 16.3. The lowest BCUT2D eigenvalue weighted by Gasteiger charge is -2.31. The quantitative estimate of drug-likeness (QED) is 0.867. The third-order valence-electron chi connectivity index (χ3n) is 3.92. The predicted molar refractivity (Wildman–Crippen MR) is 79.9 cm³/mol. The van der Waals surface area contributed by atoms with E-state index in [1.807, 2.05) is 19.1 Å². The SMILES string of the molecule is Cc1ccccc1C(=O)NCC(=O)N1CCCC(CO)C1. The molecule has 1 saturated heterocycles. The second-order valence-corrected chi connectivity index (χ2v) is 5.53. The monoisotopic (exact) mass is 290 g/mol. The predicted octanol–water partition coefficient (Wildman–Crippen LogP) is 0.956. The number of likely N-dealkylation sites (tertiary alicyclic amines) is 1. The van der Waals surface area contributed by atoms with Crippen LogP contribution in [0.2, 0.25) is 0 Å². The van der Waals surface area contributed by atoms with Crippen LogP contribution in [0.1, 0.15) is 28.8 Å². The average Bonchev–Trinajstić information content (AvgIpc) is 2.52. The number of rotatable bonds is 4. The van der Waals surface area contributed by atoms with Crippen LogP contribution in [-0.2, 0) is 4.79 Å². The van der Waals surface area contributed by atoms with Crippen LogP contribution in [0, 0.1) is 12.8 Å². The van der Waals surface area contributed by atoms with Crippen LogP contribution in [0.15, 0.2) is 24.3 Å². The summed E-state index contributed by atoms with van der Waals surface area (Å²) in [7, 11) is 0. The van der Waals surface area contributed by atoms with Gasteiger partial charge in [-0.25, -0.2) is 0 Å². The first-order valence-electron chi connectivity index (χ1n) is 7.34. The van der Waals surface area contributed by atoms with Crippen molar-refractivity contribution in [3.05, 3.63) is 35.4 Å². The van der Waals surface area contributed by atoms with E-state index in [2.05, 4.69) is 5.32 Å². The summed E-state index contributed by atoms with van der Waals surface area (Å²) in [6, 6.07) is 7.30. The van der Waals surface area contributed by atoms with Crippen molar-refractivity contribution >= 4 is 11.8 Å². The molecule has 0 bridgehead atoms. The Bertz CT molecular complexity index is 516. The topological polar surface area (TPSA) is 69.6 Å². The number of aliphatic hydroxyl groups is 1. The van der Waals surface area contributed by atoms with Gasteiger partial charge in [0.15, 0.2) is 0 Å². The highest BCUT2D eigenvalue weighted by Gasteiger charge is 2.23. The number of aliphatic hydroxyl groups excluding tert-OH is 1. The number of nitrogens with zero attached hydrogens (tertiary/aromatic N) is 1. The van der Waals surface area contributed by atoms with Crippen molar-refractivity contribution in [1.82, 2.24) is 10.2 Å². The van der Waals surface area contributed by atoms with Gasteiger partial charge < -0.3 is 15.3 Å². The molecule has 1 aromatic rings. The van der Waals surface area contributed by atoms with Gasteiger partial charge in [0.1, 0.15) is 0 Å². The first-order valence-corrected chi connectivity index (χ1v) is 7.34. The maximum Gasteiger partial charge on any atom is 0.251 e. The summed E-state index contributed by atoms with van der Waals surface area (Å²) in [6.07, 6.45) is 1.86. The Morgan fingerprint density at radius 2 is 2.14 bits per heavy atom. The zero-order chi connectivity index (χ0) is 15.2. The molecule has 0 aromatic heterocycles. The van der Waals surface area contributed by atoms with Gasteiger partial charge in [0, 0.05) is 25.3 Å². The van der Waals surface area contributed by atoms with E-state index in [-0.39, 0.29) is 30.9 Å². The van der Waals surface area contributed by atoms with E-state index >= 15 is 0 Å². The largest absolute Gasteiger partial charge is 0.396 e. The Labute approximate surface area is 125 Å². The van der Waals surface area contributed by atoms with Crippen molar-refractivity contribution in [3.63, 3.8) is 0 Å². The first-order chi connectivity index (χ1) is 10.1. The maximum absolute atomic E-state index is 12.1. The molecule has 1 atom stereocenters. The summed E-state index contributed by atoms with van der Waals surface area (Å²) in [6.45, 7) is 3.27. The Kier molecular flexibility index (Phi) is 5.33. The van der Waals surface area contributed by atoms with Crippen molar-refractivity contribution in [2.24, 2.45) is 5.92 Å². The second-order valence-electron chi connectivity index (χ2n) is 5.53. The van der Waals surface area contributed by atoms with E-state index in [0.29, 0.717) is 18.7 Å². The number of carbonyl (C=O) groups excluding carboxylic acids is 2. The van der Waals surface area contributed by atoms with Crippen LogP contribution in [0.3, 0.4) is 0 Å². The summed E-state index contributed by atoms with van der Waals surface area (Å²) in [5, 5.41) is 11.9. The number of carbonyl (C=O) groups is 2. The van der Waals surface area contributed by atoms with E-state index in [0.717, 1.165) is 18.4 Å². The molecule has 114 valence electrons. The fourth-order valence-electron chi connectivity index (χ4n) is 2.63. The van der Waals surface area contributed by atoms with Gasteiger partial charge in [0.2, 0.25) is 5.91 Å². The molecule has 0 radical (unpaired) electrons. The van der Waals surface area contributed by atoms with Gasteiger partial charge in [0.25, 0.3) is 5.91 Å². The molecule has 0 spiro atoms. The fourth-order valence-corrected chi connectivity index (χ4v) is 2.63. The van der Waals surface area contributed by atoms with Crippen molar-refractivity contribution in [1.29, 1.82) is 0 Å². The Morgan fingerprint density at radius 3 is 2.86 bits per heavy atom. The molecule has 21 heavy (non-hydrogen) atoms. The molecular weight excluding hydrogens is 268 g/mol. The number of benzene rings is 1. The van der Waals surface area contributed by atoms with Crippen LogP contribution < -0.4 is 5.32 Å². The molecule has 5 heteroatoms. The van der Waals surface area contributed by atoms with Gasteiger partial charge in [-0.05, 0) is 37.3 Å². The molecule has 1 aliphatic heterocycles. The lowest BCUT2D eigenvalue weighted by molar-refractivity contribution is -0.132. The zero-order valence-corrected chi connectivity index (χ0v) is 12.3. The van der Waals surface area contributed by atoms with E-state index in [1.165, 1.54) is 0 Å². The molecule has 0 aliphatic carbocycles. The summed E-state index contributed by atoms with van der Waals surface area (Å²) in [5.74, 6) is -0.151. The van der Waals surface area contributed by atoms with Gasteiger partial charge in [-0.3, -0.25) is 9.59 Å². The zero-order valence-electron chi connectivity index (χ0n) is 12.3. The van der Waals surface area contributed by atoms with Crippen LogP contribution >= 0.6 is 0 Å². The molecular formula is C16H22N2O3. The summed E-state index contributed by atoms with van der Waals surface area (Å²) >= 11 is 0. The maximum atomic E-state index is 12.1. The van der Waals surface area contributed by atoms with Crippen molar-refractivity contribution in [2.75, 3.05) is 26.2 Å². The molecule has 1 fully saturated rings.